The van der Waals surface area contributed by atoms with E-state index >= 15 is 0 Å². The molecule has 0 unspecified atom stereocenters. The predicted octanol–water partition coefficient (Wildman–Crippen LogP) is 3.62. The number of benzene rings is 3. The number of methoxy groups -OCH3 is 1. The van der Waals surface area contributed by atoms with Crippen molar-refractivity contribution in [3.63, 3.8) is 0 Å². The Balaban J connectivity index is 1.59. The van der Waals surface area contributed by atoms with Crippen molar-refractivity contribution in [3.05, 3.63) is 89.7 Å². The first-order valence-corrected chi connectivity index (χ1v) is 9.30. The van der Waals surface area contributed by atoms with Crippen molar-refractivity contribution < 1.29 is 23.5 Å². The van der Waals surface area contributed by atoms with Crippen LogP contribution in [0.3, 0.4) is 0 Å². The van der Waals surface area contributed by atoms with Gasteiger partial charge in [-0.15, -0.1) is 0 Å². The minimum absolute atomic E-state index is 0.0752. The highest BCUT2D eigenvalue weighted by Gasteiger charge is 2.09. The molecule has 0 aliphatic heterocycles. The Labute approximate surface area is 178 Å². The zero-order chi connectivity index (χ0) is 22.1. The number of carbonyl (C=O) groups is 2. The van der Waals surface area contributed by atoms with Crippen LogP contribution in [0.2, 0.25) is 0 Å². The van der Waals surface area contributed by atoms with Crippen molar-refractivity contribution in [1.82, 2.24) is 5.43 Å². The zero-order valence-electron chi connectivity index (χ0n) is 16.7. The molecule has 0 saturated heterocycles. The average molecular weight is 421 g/mol. The largest absolute Gasteiger partial charge is 0.497 e. The Bertz CT molecular complexity index is 1100. The highest BCUT2D eigenvalue weighted by Crippen LogP contribution is 2.17. The smallest absolute Gasteiger partial charge is 0.271 e. The van der Waals surface area contributed by atoms with Crippen molar-refractivity contribution in [2.45, 2.75) is 0 Å². The summed E-state index contributed by atoms with van der Waals surface area (Å²) in [7, 11) is 1.52. The number of carbonyl (C=O) groups excluding carboxylic acids is 2. The van der Waals surface area contributed by atoms with Gasteiger partial charge in [-0.1, -0.05) is 30.3 Å². The van der Waals surface area contributed by atoms with Crippen LogP contribution in [0.5, 0.6) is 11.5 Å². The molecule has 0 heterocycles. The minimum atomic E-state index is -0.532. The first kappa shape index (κ1) is 21.5. The Morgan fingerprint density at radius 2 is 1.81 bits per heavy atom. The molecule has 2 N–H and O–H groups in total. The molecule has 0 aliphatic rings. The van der Waals surface area contributed by atoms with Gasteiger partial charge >= 0.3 is 0 Å². The zero-order valence-corrected chi connectivity index (χ0v) is 16.7. The number of para-hydroxylation sites is 2. The van der Waals surface area contributed by atoms with Crippen molar-refractivity contribution in [2.24, 2.45) is 5.10 Å². The molecule has 0 fully saturated rings. The standard InChI is InChI=1S/C23H20FN3O4/c1-30-18-9-6-8-16(13-18)23(29)27-25-14-17-7-2-5-12-21(17)31-15-22(28)26-20-11-4-3-10-19(20)24/h2-14H,15H2,1H3,(H,26,28)(H,27,29)/b25-14+. The summed E-state index contributed by atoms with van der Waals surface area (Å²) in [4.78, 5) is 24.3. The third-order valence-electron chi connectivity index (χ3n) is 4.13. The van der Waals surface area contributed by atoms with E-state index in [-0.39, 0.29) is 12.3 Å². The minimum Gasteiger partial charge on any atom is -0.497 e. The van der Waals surface area contributed by atoms with Gasteiger partial charge in [0.05, 0.1) is 19.0 Å². The van der Waals surface area contributed by atoms with Crippen LogP contribution in [-0.4, -0.2) is 31.7 Å². The van der Waals surface area contributed by atoms with Crippen molar-refractivity contribution in [2.75, 3.05) is 19.0 Å². The molecule has 0 spiro atoms. The molecule has 3 aromatic carbocycles. The third-order valence-corrected chi connectivity index (χ3v) is 4.13. The van der Waals surface area contributed by atoms with E-state index in [2.05, 4.69) is 15.8 Å². The maximum Gasteiger partial charge on any atom is 0.271 e. The number of nitrogens with zero attached hydrogens (tertiary/aromatic N) is 1. The summed E-state index contributed by atoms with van der Waals surface area (Å²) in [6, 6.07) is 19.4. The molecular formula is C23H20FN3O4. The number of hydrazone groups is 1. The second kappa shape index (κ2) is 10.5. The summed E-state index contributed by atoms with van der Waals surface area (Å²) in [5, 5.41) is 6.39. The summed E-state index contributed by atoms with van der Waals surface area (Å²) < 4.78 is 24.3. The second-order valence-corrected chi connectivity index (χ2v) is 6.29. The molecule has 0 atom stereocenters. The summed E-state index contributed by atoms with van der Waals surface area (Å²) >= 11 is 0. The lowest BCUT2D eigenvalue weighted by molar-refractivity contribution is -0.118. The Kier molecular flexibility index (Phi) is 7.31. The number of amides is 2. The second-order valence-electron chi connectivity index (χ2n) is 6.29. The van der Waals surface area contributed by atoms with Crippen molar-refractivity contribution in [1.29, 1.82) is 0 Å². The van der Waals surface area contributed by atoms with Crippen LogP contribution in [0, 0.1) is 5.82 Å². The van der Waals surface area contributed by atoms with Gasteiger partial charge in [-0.05, 0) is 42.5 Å². The molecule has 8 heteroatoms. The Morgan fingerprint density at radius 1 is 1.03 bits per heavy atom. The Hall–Kier alpha value is -4.20. The van der Waals surface area contributed by atoms with Gasteiger partial charge in [0.25, 0.3) is 11.8 Å². The highest BCUT2D eigenvalue weighted by molar-refractivity contribution is 5.95. The van der Waals surface area contributed by atoms with E-state index < -0.39 is 17.6 Å². The average Bonchev–Trinajstić information content (AvgIpc) is 2.80. The first-order valence-electron chi connectivity index (χ1n) is 9.30. The number of hydrogen-bond acceptors (Lipinski definition) is 5. The van der Waals surface area contributed by atoms with Crippen molar-refractivity contribution >= 4 is 23.7 Å². The van der Waals surface area contributed by atoms with E-state index in [1.807, 2.05) is 0 Å². The molecule has 2 amide bonds. The SMILES string of the molecule is COc1cccc(C(=O)N/N=C/c2ccccc2OCC(=O)Nc2ccccc2F)c1. The number of ether oxygens (including phenoxy) is 2. The monoisotopic (exact) mass is 421 g/mol. The number of nitrogens with one attached hydrogen (secondary N) is 2. The van der Waals surface area contributed by atoms with E-state index in [0.29, 0.717) is 22.6 Å². The number of anilines is 1. The van der Waals surface area contributed by atoms with Gasteiger partial charge in [0.1, 0.15) is 17.3 Å². The molecule has 31 heavy (non-hydrogen) atoms. The van der Waals surface area contributed by atoms with Gasteiger partial charge in [-0.2, -0.15) is 5.10 Å². The molecular weight excluding hydrogens is 401 g/mol. The van der Waals surface area contributed by atoms with E-state index in [4.69, 9.17) is 9.47 Å². The van der Waals surface area contributed by atoms with E-state index in [1.54, 1.807) is 54.6 Å². The van der Waals surface area contributed by atoms with E-state index in [1.165, 1.54) is 31.5 Å². The number of rotatable bonds is 8. The predicted molar refractivity (Wildman–Crippen MR) is 115 cm³/mol. The van der Waals surface area contributed by atoms with Crippen molar-refractivity contribution in [3.8, 4) is 11.5 Å². The summed E-state index contributed by atoms with van der Waals surface area (Å²) in [6.45, 7) is -0.324. The van der Waals surface area contributed by atoms with Crippen LogP contribution in [0.4, 0.5) is 10.1 Å². The maximum atomic E-state index is 13.6. The number of hydrogen-bond donors (Lipinski definition) is 2. The quantitative estimate of drug-likeness (QED) is 0.430. The summed E-state index contributed by atoms with van der Waals surface area (Å²) in [5.41, 5.74) is 3.45. The van der Waals surface area contributed by atoms with Crippen LogP contribution in [0.15, 0.2) is 77.9 Å². The fourth-order valence-electron chi connectivity index (χ4n) is 2.60. The fraction of sp³-hybridized carbons (Fsp3) is 0.0870. The van der Waals surface area contributed by atoms with Gasteiger partial charge in [0.2, 0.25) is 0 Å². The lowest BCUT2D eigenvalue weighted by Crippen LogP contribution is -2.21. The number of halogens is 1. The molecule has 0 aromatic heterocycles. The van der Waals surface area contributed by atoms with Crippen LogP contribution in [-0.2, 0) is 4.79 Å². The Morgan fingerprint density at radius 3 is 2.61 bits per heavy atom. The van der Waals surface area contributed by atoms with Crippen LogP contribution >= 0.6 is 0 Å². The van der Waals surface area contributed by atoms with Crippen LogP contribution in [0.25, 0.3) is 0 Å². The molecule has 0 saturated carbocycles. The third kappa shape index (κ3) is 6.14. The first-order chi connectivity index (χ1) is 15.1. The van der Waals surface area contributed by atoms with Gasteiger partial charge in [0, 0.05) is 11.1 Å². The van der Waals surface area contributed by atoms with Gasteiger partial charge in [-0.25, -0.2) is 9.82 Å². The van der Waals surface area contributed by atoms with E-state index in [0.717, 1.165) is 0 Å². The normalized spacial score (nSPS) is 10.5. The molecule has 0 aliphatic carbocycles. The van der Waals surface area contributed by atoms with E-state index in [9.17, 15) is 14.0 Å². The highest BCUT2D eigenvalue weighted by atomic mass is 19.1. The fourth-order valence-corrected chi connectivity index (χ4v) is 2.60. The topological polar surface area (TPSA) is 89.0 Å². The summed E-state index contributed by atoms with van der Waals surface area (Å²) in [6.07, 6.45) is 1.40. The maximum absolute atomic E-state index is 13.6. The molecule has 0 radical (unpaired) electrons. The molecule has 3 aromatic rings. The van der Waals surface area contributed by atoms with Crippen LogP contribution < -0.4 is 20.2 Å². The summed E-state index contributed by atoms with van der Waals surface area (Å²) in [5.74, 6) is -0.509. The lowest BCUT2D eigenvalue weighted by Gasteiger charge is -2.10. The molecule has 0 bridgehead atoms. The lowest BCUT2D eigenvalue weighted by atomic mass is 10.2. The van der Waals surface area contributed by atoms with Gasteiger partial charge in [0.15, 0.2) is 6.61 Å². The van der Waals surface area contributed by atoms with Gasteiger partial charge in [-0.3, -0.25) is 9.59 Å². The van der Waals surface area contributed by atoms with Crippen LogP contribution in [0.1, 0.15) is 15.9 Å². The molecule has 7 nitrogen and oxygen atoms in total. The molecule has 158 valence electrons. The van der Waals surface area contributed by atoms with Gasteiger partial charge < -0.3 is 14.8 Å². The molecule has 3 rings (SSSR count).